The van der Waals surface area contributed by atoms with Crippen LogP contribution in [0.1, 0.15) is 45.7 Å². The smallest absolute Gasteiger partial charge is 0.335 e. The zero-order chi connectivity index (χ0) is 24.1. The third-order valence-electron chi connectivity index (χ3n) is 5.91. The van der Waals surface area contributed by atoms with Gasteiger partial charge in [-0.25, -0.2) is 9.69 Å². The zero-order valence-corrected chi connectivity index (χ0v) is 20.9. The van der Waals surface area contributed by atoms with E-state index in [4.69, 9.17) is 0 Å². The van der Waals surface area contributed by atoms with E-state index in [1.807, 2.05) is 18.2 Å². The van der Waals surface area contributed by atoms with E-state index in [-0.39, 0.29) is 11.1 Å². The van der Waals surface area contributed by atoms with Gasteiger partial charge in [-0.1, -0.05) is 28.1 Å². The summed E-state index contributed by atoms with van der Waals surface area (Å²) in [7, 11) is 0. The lowest BCUT2D eigenvalue weighted by Crippen LogP contribution is -2.54. The standard InChI is InChI=1S/C26H26BrN3O3/c1-15(2)30-22-11-6-17(12-20(22)16(3)14-26(30,4)5)13-21-23(31)28-25(33)29(24(21)32)19-9-7-18(27)8-10-19/h6-15H,1-5H3,(H,28,31,33)/b21-13+. The third kappa shape index (κ3) is 4.13. The van der Waals surface area contributed by atoms with E-state index in [9.17, 15) is 14.4 Å². The van der Waals surface area contributed by atoms with Gasteiger partial charge in [-0.15, -0.1) is 0 Å². The van der Waals surface area contributed by atoms with Crippen LogP contribution in [0.5, 0.6) is 0 Å². The van der Waals surface area contributed by atoms with E-state index in [2.05, 4.69) is 66.8 Å². The Morgan fingerprint density at radius 3 is 2.33 bits per heavy atom. The van der Waals surface area contributed by atoms with Crippen LogP contribution in [0.15, 0.2) is 58.6 Å². The summed E-state index contributed by atoms with van der Waals surface area (Å²) in [6.45, 7) is 10.8. The predicted octanol–water partition coefficient (Wildman–Crippen LogP) is 5.53. The van der Waals surface area contributed by atoms with Crippen molar-refractivity contribution in [2.75, 3.05) is 9.80 Å². The molecule has 7 heteroatoms. The summed E-state index contributed by atoms with van der Waals surface area (Å²) >= 11 is 3.34. The van der Waals surface area contributed by atoms with E-state index < -0.39 is 17.8 Å². The van der Waals surface area contributed by atoms with E-state index in [1.54, 1.807) is 30.3 Å². The van der Waals surface area contributed by atoms with Gasteiger partial charge in [0.05, 0.1) is 11.2 Å². The monoisotopic (exact) mass is 507 g/mol. The Kier molecular flexibility index (Phi) is 5.78. The molecule has 1 saturated heterocycles. The van der Waals surface area contributed by atoms with Crippen LogP contribution in [-0.4, -0.2) is 29.4 Å². The highest BCUT2D eigenvalue weighted by Gasteiger charge is 2.37. The van der Waals surface area contributed by atoms with Crippen molar-refractivity contribution in [2.45, 2.75) is 46.2 Å². The molecule has 6 nitrogen and oxygen atoms in total. The first-order chi connectivity index (χ1) is 15.5. The van der Waals surface area contributed by atoms with Crippen LogP contribution in [0, 0.1) is 0 Å². The first-order valence-electron chi connectivity index (χ1n) is 10.8. The number of nitrogens with one attached hydrogen (secondary N) is 1. The topological polar surface area (TPSA) is 69.7 Å². The maximum Gasteiger partial charge on any atom is 0.335 e. The number of anilines is 2. The Bertz CT molecular complexity index is 1230. The van der Waals surface area contributed by atoms with Crippen molar-refractivity contribution in [1.82, 2.24) is 5.32 Å². The molecule has 4 amide bonds. The summed E-state index contributed by atoms with van der Waals surface area (Å²) in [6, 6.07) is 12.2. The Balaban J connectivity index is 1.75. The van der Waals surface area contributed by atoms with Crippen molar-refractivity contribution in [2.24, 2.45) is 0 Å². The molecule has 0 saturated carbocycles. The first-order valence-corrected chi connectivity index (χ1v) is 11.6. The number of fused-ring (bicyclic) bond motifs is 1. The maximum atomic E-state index is 13.2. The van der Waals surface area contributed by atoms with E-state index >= 15 is 0 Å². The lowest BCUT2D eigenvalue weighted by molar-refractivity contribution is -0.122. The molecule has 2 heterocycles. The second kappa shape index (κ2) is 8.30. The molecule has 33 heavy (non-hydrogen) atoms. The maximum absolute atomic E-state index is 13.2. The number of barbiturate groups is 1. The minimum atomic E-state index is -0.761. The molecule has 0 atom stereocenters. The Labute approximate surface area is 202 Å². The molecule has 0 spiro atoms. The van der Waals surface area contributed by atoms with Gasteiger partial charge in [0.2, 0.25) is 0 Å². The Morgan fingerprint density at radius 1 is 1.03 bits per heavy atom. The Morgan fingerprint density at radius 2 is 1.70 bits per heavy atom. The average molecular weight is 508 g/mol. The van der Waals surface area contributed by atoms with Crippen LogP contribution in [0.3, 0.4) is 0 Å². The normalized spacial score (nSPS) is 19.1. The summed E-state index contributed by atoms with van der Waals surface area (Å²) in [5, 5.41) is 2.27. The highest BCUT2D eigenvalue weighted by atomic mass is 79.9. The molecule has 0 unspecified atom stereocenters. The second-order valence-corrected chi connectivity index (χ2v) is 10.1. The summed E-state index contributed by atoms with van der Waals surface area (Å²) in [6.07, 6.45) is 3.78. The second-order valence-electron chi connectivity index (χ2n) is 9.16. The minimum absolute atomic E-state index is 0.0871. The zero-order valence-electron chi connectivity index (χ0n) is 19.3. The van der Waals surface area contributed by atoms with Crippen molar-refractivity contribution in [3.8, 4) is 0 Å². The number of rotatable bonds is 3. The SMILES string of the molecule is CC1=CC(C)(C)N(C(C)C)c2ccc(/C=C3\C(=O)NC(=O)N(c4ccc(Br)cc4)C3=O)cc21. The largest absolute Gasteiger partial charge is 0.360 e. The molecule has 1 fully saturated rings. The van der Waals surface area contributed by atoms with Crippen LogP contribution >= 0.6 is 15.9 Å². The van der Waals surface area contributed by atoms with Crippen LogP contribution in [0.25, 0.3) is 11.6 Å². The summed E-state index contributed by atoms with van der Waals surface area (Å²) in [4.78, 5) is 41.5. The van der Waals surface area contributed by atoms with Gasteiger partial charge >= 0.3 is 6.03 Å². The molecule has 4 rings (SSSR count). The molecular weight excluding hydrogens is 482 g/mol. The fraction of sp³-hybridized carbons (Fsp3) is 0.269. The minimum Gasteiger partial charge on any atom is -0.360 e. The molecule has 2 aromatic rings. The number of carbonyl (C=O) groups excluding carboxylic acids is 3. The molecule has 0 aliphatic carbocycles. The molecule has 2 aliphatic heterocycles. The van der Waals surface area contributed by atoms with Gasteiger partial charge in [0.15, 0.2) is 0 Å². The highest BCUT2D eigenvalue weighted by molar-refractivity contribution is 9.10. The molecule has 2 aromatic carbocycles. The van der Waals surface area contributed by atoms with Crippen molar-refractivity contribution in [1.29, 1.82) is 0 Å². The number of amides is 4. The number of allylic oxidation sites excluding steroid dienone is 1. The summed E-state index contributed by atoms with van der Waals surface area (Å²) in [5.41, 5.74) is 4.20. The van der Waals surface area contributed by atoms with Crippen molar-refractivity contribution in [3.05, 3.63) is 69.7 Å². The van der Waals surface area contributed by atoms with Crippen molar-refractivity contribution in [3.63, 3.8) is 0 Å². The molecule has 1 N–H and O–H groups in total. The number of hydrogen-bond acceptors (Lipinski definition) is 4. The highest BCUT2D eigenvalue weighted by Crippen LogP contribution is 2.40. The van der Waals surface area contributed by atoms with Gasteiger partial charge in [-0.05, 0) is 88.2 Å². The Hall–Kier alpha value is -3.19. The number of halogens is 1. The number of benzene rings is 2. The number of nitrogens with zero attached hydrogens (tertiary/aromatic N) is 2. The summed E-state index contributed by atoms with van der Waals surface area (Å²) in [5.74, 6) is -1.35. The van der Waals surface area contributed by atoms with Gasteiger partial charge < -0.3 is 4.90 Å². The first kappa shape index (κ1) is 23.0. The number of carbonyl (C=O) groups is 3. The number of imide groups is 2. The van der Waals surface area contributed by atoms with Crippen LogP contribution < -0.4 is 15.1 Å². The number of urea groups is 1. The molecule has 170 valence electrons. The van der Waals surface area contributed by atoms with Gasteiger partial charge in [0.25, 0.3) is 11.8 Å². The summed E-state index contributed by atoms with van der Waals surface area (Å²) < 4.78 is 0.819. The van der Waals surface area contributed by atoms with Crippen LogP contribution in [0.2, 0.25) is 0 Å². The van der Waals surface area contributed by atoms with Crippen molar-refractivity contribution >= 4 is 56.8 Å². The van der Waals surface area contributed by atoms with Crippen LogP contribution in [0.4, 0.5) is 16.2 Å². The molecule has 0 radical (unpaired) electrons. The number of hydrogen-bond donors (Lipinski definition) is 1. The van der Waals surface area contributed by atoms with Gasteiger partial charge in [-0.3, -0.25) is 14.9 Å². The fourth-order valence-corrected chi connectivity index (χ4v) is 5.01. The molecule has 2 aliphatic rings. The molecule has 0 bridgehead atoms. The lowest BCUT2D eigenvalue weighted by Gasteiger charge is -2.46. The van der Waals surface area contributed by atoms with E-state index in [1.165, 1.54) is 0 Å². The van der Waals surface area contributed by atoms with Gasteiger partial charge in [-0.2, -0.15) is 0 Å². The molecular formula is C26H26BrN3O3. The lowest BCUT2D eigenvalue weighted by atomic mass is 9.86. The third-order valence-corrected chi connectivity index (χ3v) is 6.44. The average Bonchev–Trinajstić information content (AvgIpc) is 2.71. The van der Waals surface area contributed by atoms with Gasteiger partial charge in [0, 0.05) is 21.8 Å². The van der Waals surface area contributed by atoms with Crippen LogP contribution in [-0.2, 0) is 9.59 Å². The molecule has 0 aromatic heterocycles. The van der Waals surface area contributed by atoms with Crippen molar-refractivity contribution < 1.29 is 14.4 Å². The quantitative estimate of drug-likeness (QED) is 0.438. The van der Waals surface area contributed by atoms with E-state index in [0.29, 0.717) is 17.3 Å². The van der Waals surface area contributed by atoms with Gasteiger partial charge in [0.1, 0.15) is 5.57 Å². The predicted molar refractivity (Wildman–Crippen MR) is 135 cm³/mol. The fourth-order valence-electron chi connectivity index (χ4n) is 4.75. The van der Waals surface area contributed by atoms with E-state index in [0.717, 1.165) is 26.2 Å².